The van der Waals surface area contributed by atoms with Crippen molar-refractivity contribution < 1.29 is 9.22 Å². The van der Waals surface area contributed by atoms with E-state index in [1.165, 1.54) is 0 Å². The number of hydrogen-bond donors (Lipinski definition) is 0. The van der Waals surface area contributed by atoms with Gasteiger partial charge in [0.2, 0.25) is 0 Å². The van der Waals surface area contributed by atoms with Crippen LogP contribution in [0.3, 0.4) is 0 Å². The van der Waals surface area contributed by atoms with Gasteiger partial charge in [-0.15, -0.1) is 6.42 Å². The summed E-state index contributed by atoms with van der Waals surface area (Å²) in [5.41, 5.74) is 0. The van der Waals surface area contributed by atoms with Crippen LogP contribution in [-0.4, -0.2) is 44.4 Å². The Morgan fingerprint density at radius 1 is 1.50 bits per heavy atom. The minimum atomic E-state index is 0.837. The van der Waals surface area contributed by atoms with E-state index in [0.29, 0.717) is 0 Å². The molecule has 1 rings (SSSR count). The largest absolute Gasteiger partial charge is 0.370 e. The zero-order valence-corrected chi connectivity index (χ0v) is 6.47. The lowest BCUT2D eigenvalue weighted by atomic mass is 10.3. The van der Waals surface area contributed by atoms with Crippen molar-refractivity contribution >= 4 is 0 Å². The first-order valence-electron chi connectivity index (χ1n) is 3.62. The van der Waals surface area contributed by atoms with Gasteiger partial charge in [-0.05, 0) is 5.92 Å². The smallest absolute Gasteiger partial charge is 0.140 e. The predicted molar refractivity (Wildman–Crippen MR) is 40.4 cm³/mol. The summed E-state index contributed by atoms with van der Waals surface area (Å²) in [6, 6.07) is 0. The molecule has 0 aromatic carbocycles. The van der Waals surface area contributed by atoms with Gasteiger partial charge in [0.15, 0.2) is 0 Å². The number of terminal acetylenes is 1. The Balaban J connectivity index is 2.42. The molecule has 0 saturated carbocycles. The summed E-state index contributed by atoms with van der Waals surface area (Å²) in [5.74, 6) is 2.69. The van der Waals surface area contributed by atoms with Crippen LogP contribution in [-0.2, 0) is 4.74 Å². The minimum absolute atomic E-state index is 0.837. The number of quaternary nitrogens is 1. The van der Waals surface area contributed by atoms with E-state index < -0.39 is 0 Å². The zero-order valence-electron chi connectivity index (χ0n) is 6.47. The first kappa shape index (κ1) is 7.59. The molecule has 1 fully saturated rings. The number of ether oxygens (including phenoxy) is 1. The molecule has 0 bridgehead atoms. The van der Waals surface area contributed by atoms with Gasteiger partial charge in [0.25, 0.3) is 0 Å². The molecule has 1 aliphatic heterocycles. The maximum absolute atomic E-state index is 5.24. The van der Waals surface area contributed by atoms with Crippen LogP contribution in [0.2, 0.25) is 0 Å². The average Bonchev–Trinajstić information content (AvgIpc) is 1.89. The molecule has 1 heterocycles. The fourth-order valence-electron chi connectivity index (χ4n) is 1.16. The van der Waals surface area contributed by atoms with Crippen molar-refractivity contribution in [3.05, 3.63) is 0 Å². The van der Waals surface area contributed by atoms with Gasteiger partial charge in [0, 0.05) is 0 Å². The van der Waals surface area contributed by atoms with Crippen LogP contribution in [0.15, 0.2) is 0 Å². The third-order valence-corrected chi connectivity index (χ3v) is 2.02. The fourth-order valence-corrected chi connectivity index (χ4v) is 1.16. The highest BCUT2D eigenvalue weighted by molar-refractivity contribution is 4.83. The molecule has 0 aromatic rings. The molecule has 0 N–H and O–H groups in total. The number of rotatable bonds is 1. The van der Waals surface area contributed by atoms with E-state index in [-0.39, 0.29) is 0 Å². The maximum Gasteiger partial charge on any atom is 0.140 e. The summed E-state index contributed by atoms with van der Waals surface area (Å²) >= 11 is 0. The van der Waals surface area contributed by atoms with E-state index in [4.69, 9.17) is 11.2 Å². The van der Waals surface area contributed by atoms with Gasteiger partial charge in [-0.3, -0.25) is 0 Å². The van der Waals surface area contributed by atoms with Crippen LogP contribution in [0, 0.1) is 12.3 Å². The molecular formula is C8H14NO+. The minimum Gasteiger partial charge on any atom is -0.370 e. The van der Waals surface area contributed by atoms with E-state index in [1.54, 1.807) is 0 Å². The van der Waals surface area contributed by atoms with Crippen molar-refractivity contribution in [2.75, 3.05) is 39.9 Å². The van der Waals surface area contributed by atoms with Gasteiger partial charge in [-0.1, -0.05) is 0 Å². The topological polar surface area (TPSA) is 9.23 Å². The van der Waals surface area contributed by atoms with Gasteiger partial charge in [-0.2, -0.15) is 0 Å². The zero-order chi connectivity index (χ0) is 7.45. The average molecular weight is 140 g/mol. The van der Waals surface area contributed by atoms with Crippen LogP contribution >= 0.6 is 0 Å². The van der Waals surface area contributed by atoms with E-state index in [2.05, 4.69) is 13.0 Å². The highest BCUT2D eigenvalue weighted by Crippen LogP contribution is 2.05. The van der Waals surface area contributed by atoms with Crippen molar-refractivity contribution in [3.63, 3.8) is 0 Å². The monoisotopic (exact) mass is 140 g/mol. The van der Waals surface area contributed by atoms with Gasteiger partial charge >= 0.3 is 0 Å². The molecule has 0 aromatic heterocycles. The second-order valence-corrected chi connectivity index (χ2v) is 3.04. The number of hydrogen-bond acceptors (Lipinski definition) is 1. The van der Waals surface area contributed by atoms with Gasteiger partial charge in [0.05, 0.1) is 20.3 Å². The Hall–Kier alpha value is -0.520. The van der Waals surface area contributed by atoms with E-state index in [0.717, 1.165) is 37.3 Å². The predicted octanol–water partition coefficient (Wildman–Crippen LogP) is 0.0964. The van der Waals surface area contributed by atoms with E-state index in [9.17, 15) is 0 Å². The summed E-state index contributed by atoms with van der Waals surface area (Å²) in [6.07, 6.45) is 5.24. The van der Waals surface area contributed by atoms with Crippen LogP contribution in [0.4, 0.5) is 0 Å². The number of morpholine rings is 1. The third-order valence-electron chi connectivity index (χ3n) is 2.02. The number of likely N-dealkylation sites (N-methyl/N-ethyl adjacent to an activating group) is 1. The van der Waals surface area contributed by atoms with Crippen molar-refractivity contribution in [1.29, 1.82) is 0 Å². The molecule has 0 aliphatic carbocycles. The molecule has 0 atom stereocenters. The van der Waals surface area contributed by atoms with Gasteiger partial charge in [0.1, 0.15) is 19.6 Å². The fraction of sp³-hybridized carbons (Fsp3) is 0.750. The van der Waals surface area contributed by atoms with Gasteiger partial charge < -0.3 is 9.22 Å². The molecule has 0 radical (unpaired) electrons. The third kappa shape index (κ3) is 1.73. The van der Waals surface area contributed by atoms with E-state index in [1.807, 2.05) is 0 Å². The molecule has 2 heteroatoms. The summed E-state index contributed by atoms with van der Waals surface area (Å²) in [6.45, 7) is 4.67. The molecule has 56 valence electrons. The van der Waals surface area contributed by atoms with Crippen molar-refractivity contribution in [1.82, 2.24) is 0 Å². The molecule has 2 nitrogen and oxygen atoms in total. The standard InChI is InChI=1S/C8H14NO/c1-3-4-9(2)5-7-10-8-6-9/h1H,4-8H2,2H3/q+1. The van der Waals surface area contributed by atoms with Crippen LogP contribution in [0.5, 0.6) is 0 Å². The lowest BCUT2D eigenvalue weighted by molar-refractivity contribution is -0.910. The highest BCUT2D eigenvalue weighted by Gasteiger charge is 2.23. The Labute approximate surface area is 62.4 Å². The summed E-state index contributed by atoms with van der Waals surface area (Å²) < 4.78 is 6.21. The molecule has 1 aliphatic rings. The Bertz CT molecular complexity index is 142. The van der Waals surface area contributed by atoms with Gasteiger partial charge in [-0.25, -0.2) is 0 Å². The SMILES string of the molecule is C#CC[N+]1(C)CCOCC1. The van der Waals surface area contributed by atoms with Crippen molar-refractivity contribution in [3.8, 4) is 12.3 Å². The first-order chi connectivity index (χ1) is 4.77. The lowest BCUT2D eigenvalue weighted by Crippen LogP contribution is -2.51. The quantitative estimate of drug-likeness (QED) is 0.371. The molecule has 0 spiro atoms. The summed E-state index contributed by atoms with van der Waals surface area (Å²) in [7, 11) is 2.18. The molecule has 10 heavy (non-hydrogen) atoms. The number of nitrogens with zero attached hydrogens (tertiary/aromatic N) is 1. The van der Waals surface area contributed by atoms with Crippen LogP contribution < -0.4 is 0 Å². The summed E-state index contributed by atoms with van der Waals surface area (Å²) in [4.78, 5) is 0. The molecule has 0 unspecified atom stereocenters. The molecule has 0 amide bonds. The normalized spacial score (nSPS) is 23.6. The highest BCUT2D eigenvalue weighted by atomic mass is 16.5. The second-order valence-electron chi connectivity index (χ2n) is 3.04. The van der Waals surface area contributed by atoms with E-state index >= 15 is 0 Å². The summed E-state index contributed by atoms with van der Waals surface area (Å²) in [5, 5.41) is 0. The first-order valence-corrected chi connectivity index (χ1v) is 3.62. The molecule has 1 saturated heterocycles. The van der Waals surface area contributed by atoms with Crippen molar-refractivity contribution in [2.24, 2.45) is 0 Å². The van der Waals surface area contributed by atoms with Crippen LogP contribution in [0.25, 0.3) is 0 Å². The Morgan fingerprint density at radius 2 is 2.10 bits per heavy atom. The maximum atomic E-state index is 5.24. The second kappa shape index (κ2) is 3.05. The lowest BCUT2D eigenvalue weighted by Gasteiger charge is -2.35. The Kier molecular flexibility index (Phi) is 2.31. The molecular weight excluding hydrogens is 126 g/mol. The van der Waals surface area contributed by atoms with Crippen LogP contribution in [0.1, 0.15) is 0 Å². The van der Waals surface area contributed by atoms with Crippen molar-refractivity contribution in [2.45, 2.75) is 0 Å². The Morgan fingerprint density at radius 3 is 2.60 bits per heavy atom.